The van der Waals surface area contributed by atoms with Crippen LogP contribution in [0.3, 0.4) is 0 Å². The number of hydrogen-bond donors (Lipinski definition) is 4. The summed E-state index contributed by atoms with van der Waals surface area (Å²) in [6.45, 7) is 2.23. The van der Waals surface area contributed by atoms with Crippen LogP contribution < -0.4 is 10.6 Å². The maximum Gasteiger partial charge on any atom is 0.315 e. The predicted molar refractivity (Wildman–Crippen MR) is 72.1 cm³/mol. The van der Waals surface area contributed by atoms with Crippen LogP contribution in [0.1, 0.15) is 44.5 Å². The van der Waals surface area contributed by atoms with Crippen molar-refractivity contribution in [1.82, 2.24) is 20.6 Å². The minimum absolute atomic E-state index is 0.112. The number of aromatic nitrogens is 2. The molecule has 2 amide bonds. The SMILES string of the molecule is CC(NC(=O)NCC1(CC(=O)O)CCC1)c1ncc[nH]1. The van der Waals surface area contributed by atoms with Crippen LogP contribution in [-0.2, 0) is 4.79 Å². The van der Waals surface area contributed by atoms with E-state index in [1.807, 2.05) is 6.92 Å². The van der Waals surface area contributed by atoms with E-state index in [-0.39, 0.29) is 23.9 Å². The summed E-state index contributed by atoms with van der Waals surface area (Å²) in [6.07, 6.45) is 6.17. The Bertz CT molecular complexity index is 468. The molecule has 7 nitrogen and oxygen atoms in total. The molecular weight excluding hydrogens is 260 g/mol. The normalized spacial score (nSPS) is 17.9. The Hall–Kier alpha value is -2.05. The standard InChI is InChI=1S/C13H20N4O3/c1-9(11-14-5-6-15-11)17-12(20)16-8-13(3-2-4-13)7-10(18)19/h5-6,9H,2-4,7-8H2,1H3,(H,14,15)(H,18,19)(H2,16,17,20). The molecule has 0 saturated heterocycles. The molecule has 110 valence electrons. The fourth-order valence-corrected chi connectivity index (χ4v) is 2.51. The van der Waals surface area contributed by atoms with Gasteiger partial charge in [-0.1, -0.05) is 6.42 Å². The van der Waals surface area contributed by atoms with E-state index < -0.39 is 5.97 Å². The van der Waals surface area contributed by atoms with Crippen molar-refractivity contribution in [3.05, 3.63) is 18.2 Å². The highest BCUT2D eigenvalue weighted by molar-refractivity contribution is 5.74. The molecule has 1 saturated carbocycles. The molecule has 7 heteroatoms. The lowest BCUT2D eigenvalue weighted by Gasteiger charge is -2.40. The third kappa shape index (κ3) is 3.49. The van der Waals surface area contributed by atoms with Crippen molar-refractivity contribution in [2.45, 2.75) is 38.6 Å². The first-order chi connectivity index (χ1) is 9.51. The van der Waals surface area contributed by atoms with Crippen LogP contribution in [0.15, 0.2) is 12.4 Å². The number of carboxylic acids is 1. The van der Waals surface area contributed by atoms with E-state index in [4.69, 9.17) is 5.11 Å². The lowest BCUT2D eigenvalue weighted by atomic mass is 9.66. The maximum absolute atomic E-state index is 11.8. The molecule has 0 aromatic carbocycles. The van der Waals surface area contributed by atoms with E-state index in [9.17, 15) is 9.59 Å². The molecular formula is C13H20N4O3. The summed E-state index contributed by atoms with van der Waals surface area (Å²) >= 11 is 0. The van der Waals surface area contributed by atoms with Crippen molar-refractivity contribution in [1.29, 1.82) is 0 Å². The van der Waals surface area contributed by atoms with Gasteiger partial charge in [-0.05, 0) is 25.2 Å². The smallest absolute Gasteiger partial charge is 0.315 e. The van der Waals surface area contributed by atoms with Gasteiger partial charge in [0.05, 0.1) is 12.5 Å². The second-order valence-electron chi connectivity index (χ2n) is 5.45. The molecule has 1 fully saturated rings. The van der Waals surface area contributed by atoms with E-state index >= 15 is 0 Å². The molecule has 1 heterocycles. The van der Waals surface area contributed by atoms with Crippen LogP contribution in [0.2, 0.25) is 0 Å². The number of carbonyl (C=O) groups excluding carboxylic acids is 1. The topological polar surface area (TPSA) is 107 Å². The Kier molecular flexibility index (Phi) is 4.26. The third-order valence-electron chi connectivity index (χ3n) is 3.84. The average Bonchev–Trinajstić information content (AvgIpc) is 2.85. The van der Waals surface area contributed by atoms with Crippen molar-refractivity contribution in [3.8, 4) is 0 Å². The van der Waals surface area contributed by atoms with Gasteiger partial charge in [0.2, 0.25) is 0 Å². The monoisotopic (exact) mass is 280 g/mol. The first-order valence-electron chi connectivity index (χ1n) is 6.76. The van der Waals surface area contributed by atoms with Crippen LogP contribution in [0.5, 0.6) is 0 Å². The number of carbonyl (C=O) groups is 2. The van der Waals surface area contributed by atoms with E-state index in [0.717, 1.165) is 19.3 Å². The number of hydrogen-bond acceptors (Lipinski definition) is 3. The van der Waals surface area contributed by atoms with Gasteiger partial charge in [0.1, 0.15) is 5.82 Å². The molecule has 0 bridgehead atoms. The zero-order chi connectivity index (χ0) is 14.6. The summed E-state index contributed by atoms with van der Waals surface area (Å²) < 4.78 is 0. The molecule has 1 atom stereocenters. The van der Waals surface area contributed by atoms with Gasteiger partial charge in [-0.3, -0.25) is 4.79 Å². The molecule has 1 aliphatic carbocycles. The predicted octanol–water partition coefficient (Wildman–Crippen LogP) is 1.41. The number of rotatable bonds is 6. The van der Waals surface area contributed by atoms with Gasteiger partial charge in [0, 0.05) is 18.9 Å². The molecule has 1 aliphatic rings. The fourth-order valence-electron chi connectivity index (χ4n) is 2.51. The number of H-pyrrole nitrogens is 1. The molecule has 4 N–H and O–H groups in total. The Labute approximate surface area is 117 Å². The van der Waals surface area contributed by atoms with E-state index in [0.29, 0.717) is 12.4 Å². The van der Waals surface area contributed by atoms with Crippen molar-refractivity contribution < 1.29 is 14.7 Å². The Morgan fingerprint density at radius 1 is 1.55 bits per heavy atom. The molecule has 1 aromatic heterocycles. The number of amides is 2. The van der Waals surface area contributed by atoms with E-state index in [1.165, 1.54) is 0 Å². The van der Waals surface area contributed by atoms with Crippen molar-refractivity contribution in [2.75, 3.05) is 6.54 Å². The minimum atomic E-state index is -0.809. The number of nitrogens with zero attached hydrogens (tertiary/aromatic N) is 1. The zero-order valence-electron chi connectivity index (χ0n) is 11.5. The molecule has 2 rings (SSSR count). The molecule has 0 aliphatic heterocycles. The van der Waals surface area contributed by atoms with Gasteiger partial charge in [-0.25, -0.2) is 9.78 Å². The lowest BCUT2D eigenvalue weighted by Crippen LogP contribution is -2.47. The van der Waals surface area contributed by atoms with Gasteiger partial charge in [0.25, 0.3) is 0 Å². The lowest BCUT2D eigenvalue weighted by molar-refractivity contribution is -0.141. The number of imidazole rings is 1. The first-order valence-corrected chi connectivity index (χ1v) is 6.76. The fraction of sp³-hybridized carbons (Fsp3) is 0.615. The Balaban J connectivity index is 1.78. The summed E-state index contributed by atoms with van der Waals surface area (Å²) in [5.41, 5.74) is -0.267. The quantitative estimate of drug-likeness (QED) is 0.632. The Morgan fingerprint density at radius 3 is 2.80 bits per heavy atom. The van der Waals surface area contributed by atoms with Crippen molar-refractivity contribution in [2.24, 2.45) is 5.41 Å². The number of aliphatic carboxylic acids is 1. The molecule has 0 spiro atoms. The third-order valence-corrected chi connectivity index (χ3v) is 3.84. The van der Waals surface area contributed by atoms with Gasteiger partial charge in [0.15, 0.2) is 0 Å². The summed E-state index contributed by atoms with van der Waals surface area (Å²) in [4.78, 5) is 29.7. The molecule has 1 aromatic rings. The van der Waals surface area contributed by atoms with Gasteiger partial charge in [-0.2, -0.15) is 0 Å². The van der Waals surface area contributed by atoms with Crippen molar-refractivity contribution >= 4 is 12.0 Å². The molecule has 1 unspecified atom stereocenters. The zero-order valence-corrected chi connectivity index (χ0v) is 11.5. The second-order valence-corrected chi connectivity index (χ2v) is 5.45. The molecule has 0 radical (unpaired) electrons. The van der Waals surface area contributed by atoms with Gasteiger partial charge < -0.3 is 20.7 Å². The van der Waals surface area contributed by atoms with Crippen LogP contribution in [0, 0.1) is 5.41 Å². The summed E-state index contributed by atoms with van der Waals surface area (Å²) in [6, 6.07) is -0.521. The minimum Gasteiger partial charge on any atom is -0.481 e. The average molecular weight is 280 g/mol. The molecule has 20 heavy (non-hydrogen) atoms. The number of urea groups is 1. The maximum atomic E-state index is 11.8. The van der Waals surface area contributed by atoms with Gasteiger partial charge >= 0.3 is 12.0 Å². The largest absolute Gasteiger partial charge is 0.481 e. The first kappa shape index (κ1) is 14.4. The second kappa shape index (κ2) is 5.94. The number of carboxylic acid groups (broad SMARTS) is 1. The summed E-state index contributed by atoms with van der Waals surface area (Å²) in [5.74, 6) is -0.125. The van der Waals surface area contributed by atoms with Crippen LogP contribution >= 0.6 is 0 Å². The van der Waals surface area contributed by atoms with Crippen molar-refractivity contribution in [3.63, 3.8) is 0 Å². The highest BCUT2D eigenvalue weighted by Gasteiger charge is 2.39. The van der Waals surface area contributed by atoms with Crippen LogP contribution in [-0.4, -0.2) is 33.6 Å². The van der Waals surface area contributed by atoms with E-state index in [2.05, 4.69) is 20.6 Å². The Morgan fingerprint density at radius 2 is 2.30 bits per heavy atom. The highest BCUT2D eigenvalue weighted by atomic mass is 16.4. The number of nitrogens with one attached hydrogen (secondary N) is 3. The summed E-state index contributed by atoms with van der Waals surface area (Å²) in [7, 11) is 0. The number of aromatic amines is 1. The van der Waals surface area contributed by atoms with Crippen LogP contribution in [0.25, 0.3) is 0 Å². The van der Waals surface area contributed by atoms with Gasteiger partial charge in [-0.15, -0.1) is 0 Å². The highest BCUT2D eigenvalue weighted by Crippen LogP contribution is 2.43. The van der Waals surface area contributed by atoms with E-state index in [1.54, 1.807) is 12.4 Å². The van der Waals surface area contributed by atoms with Crippen LogP contribution in [0.4, 0.5) is 4.79 Å². The summed E-state index contributed by atoms with van der Waals surface area (Å²) in [5, 5.41) is 14.4.